The van der Waals surface area contributed by atoms with E-state index >= 15 is 0 Å². The van der Waals surface area contributed by atoms with Gasteiger partial charge in [-0.3, -0.25) is 14.6 Å². The predicted molar refractivity (Wildman–Crippen MR) is 129 cm³/mol. The van der Waals surface area contributed by atoms with Crippen molar-refractivity contribution in [3.63, 3.8) is 0 Å². The van der Waals surface area contributed by atoms with Crippen molar-refractivity contribution in [2.24, 2.45) is 7.05 Å². The van der Waals surface area contributed by atoms with E-state index in [9.17, 15) is 0 Å². The topological polar surface area (TPSA) is 80.8 Å². The zero-order valence-corrected chi connectivity index (χ0v) is 19.7. The van der Waals surface area contributed by atoms with Gasteiger partial charge in [-0.15, -0.1) is 17.5 Å². The van der Waals surface area contributed by atoms with Crippen molar-refractivity contribution in [2.45, 2.75) is 20.0 Å². The molecule has 0 amide bonds. The molecular weight excluding hydrogens is 438 g/mol. The molecule has 10 heteroatoms. The second kappa shape index (κ2) is 10.1. The van der Waals surface area contributed by atoms with Crippen LogP contribution >= 0.6 is 12.4 Å². The number of hydrogen-bond donors (Lipinski definition) is 0. The van der Waals surface area contributed by atoms with Crippen LogP contribution in [-0.2, 0) is 20.1 Å². The van der Waals surface area contributed by atoms with E-state index in [1.54, 1.807) is 18.6 Å². The Balaban J connectivity index is 0.00000259. The highest BCUT2D eigenvalue weighted by atomic mass is 35.5. The summed E-state index contributed by atoms with van der Waals surface area (Å²) in [6.07, 6.45) is 9.09. The van der Waals surface area contributed by atoms with Gasteiger partial charge in [-0.2, -0.15) is 5.10 Å². The van der Waals surface area contributed by atoms with Crippen LogP contribution in [-0.4, -0.2) is 65.8 Å². The first kappa shape index (κ1) is 22.9. The third kappa shape index (κ3) is 5.04. The number of aryl methyl sites for hydroxylation is 1. The minimum Gasteiger partial charge on any atom is -0.352 e. The molecule has 1 aromatic carbocycles. The summed E-state index contributed by atoms with van der Waals surface area (Å²) in [5.74, 6) is 0.953. The van der Waals surface area contributed by atoms with Crippen molar-refractivity contribution in [3.8, 4) is 11.3 Å². The maximum atomic E-state index is 4.70. The van der Waals surface area contributed by atoms with E-state index in [4.69, 9.17) is 4.98 Å². The molecule has 0 unspecified atom stereocenters. The maximum absolute atomic E-state index is 4.70. The Labute approximate surface area is 199 Å². The average Bonchev–Trinajstić information content (AvgIpc) is 3.46. The number of nitrogens with zero attached hydrogens (tertiary/aromatic N) is 9. The van der Waals surface area contributed by atoms with E-state index in [1.807, 2.05) is 28.8 Å². The summed E-state index contributed by atoms with van der Waals surface area (Å²) in [4.78, 5) is 14.2. The van der Waals surface area contributed by atoms with Gasteiger partial charge in [0.25, 0.3) is 0 Å². The van der Waals surface area contributed by atoms with Crippen LogP contribution in [0.3, 0.4) is 0 Å². The van der Waals surface area contributed by atoms with E-state index in [0.29, 0.717) is 6.54 Å². The molecule has 1 aliphatic rings. The molecular formula is C23H28ClN9. The van der Waals surface area contributed by atoms with Crippen LogP contribution in [0.25, 0.3) is 11.3 Å². The summed E-state index contributed by atoms with van der Waals surface area (Å²) in [5.41, 5.74) is 5.70. The number of anilines is 1. The molecule has 1 fully saturated rings. The molecule has 172 valence electrons. The van der Waals surface area contributed by atoms with Crippen LogP contribution in [0.1, 0.15) is 16.8 Å². The predicted octanol–water partition coefficient (Wildman–Crippen LogP) is 2.57. The van der Waals surface area contributed by atoms with Gasteiger partial charge in [0.15, 0.2) is 5.82 Å². The zero-order chi connectivity index (χ0) is 21.9. The Morgan fingerprint density at radius 3 is 2.33 bits per heavy atom. The van der Waals surface area contributed by atoms with E-state index in [1.165, 1.54) is 16.8 Å². The largest absolute Gasteiger partial charge is 0.352 e. The number of benzene rings is 1. The van der Waals surface area contributed by atoms with Crippen LogP contribution < -0.4 is 4.90 Å². The highest BCUT2D eigenvalue weighted by Gasteiger charge is 2.22. The fourth-order valence-corrected chi connectivity index (χ4v) is 4.10. The van der Waals surface area contributed by atoms with Crippen LogP contribution in [0, 0.1) is 6.92 Å². The lowest BCUT2D eigenvalue weighted by Crippen LogP contribution is -2.46. The third-order valence-electron chi connectivity index (χ3n) is 6.13. The lowest BCUT2D eigenvalue weighted by Gasteiger charge is -2.35. The van der Waals surface area contributed by atoms with Crippen molar-refractivity contribution >= 4 is 18.2 Å². The maximum Gasteiger partial charge on any atom is 0.155 e. The summed E-state index contributed by atoms with van der Waals surface area (Å²) in [5, 5.41) is 12.3. The Kier molecular flexibility index (Phi) is 7.00. The standard InChI is InChI=1S/C23H27N9.ClH/c1-18-21(15-27-29(18)2)17-30-11-13-31(14-12-30)23-22(24-7-8-25-23)20-5-3-19(4-6-20)16-32-10-9-26-28-32;/h3-10,15H,11-14,16-17H2,1-2H3;1H. The van der Waals surface area contributed by atoms with Crippen molar-refractivity contribution in [1.29, 1.82) is 0 Å². The molecule has 0 saturated carbocycles. The number of aromatic nitrogens is 7. The Hall–Kier alpha value is -3.30. The Morgan fingerprint density at radius 1 is 0.909 bits per heavy atom. The fourth-order valence-electron chi connectivity index (χ4n) is 4.10. The average molecular weight is 466 g/mol. The van der Waals surface area contributed by atoms with Crippen LogP contribution in [0.4, 0.5) is 5.82 Å². The van der Waals surface area contributed by atoms with Crippen LogP contribution in [0.5, 0.6) is 0 Å². The molecule has 4 aromatic rings. The molecule has 3 aromatic heterocycles. The Morgan fingerprint density at radius 2 is 1.67 bits per heavy atom. The van der Waals surface area contributed by atoms with Crippen molar-refractivity contribution in [2.75, 3.05) is 31.1 Å². The number of rotatable bonds is 6. The first-order valence-electron chi connectivity index (χ1n) is 10.9. The molecule has 9 nitrogen and oxygen atoms in total. The molecule has 0 atom stereocenters. The Bertz CT molecular complexity index is 1160. The van der Waals surface area contributed by atoms with E-state index in [-0.39, 0.29) is 12.4 Å². The van der Waals surface area contributed by atoms with Gasteiger partial charge in [-0.1, -0.05) is 29.5 Å². The molecule has 0 bridgehead atoms. The first-order valence-corrected chi connectivity index (χ1v) is 10.9. The molecule has 5 rings (SSSR count). The van der Waals surface area contributed by atoms with E-state index in [2.05, 4.69) is 61.4 Å². The summed E-state index contributed by atoms with van der Waals surface area (Å²) in [6.45, 7) is 7.59. The van der Waals surface area contributed by atoms with Gasteiger partial charge >= 0.3 is 0 Å². The van der Waals surface area contributed by atoms with Crippen molar-refractivity contribution in [3.05, 3.63) is 72.1 Å². The molecule has 1 aliphatic heterocycles. The summed E-state index contributed by atoms with van der Waals surface area (Å²) in [7, 11) is 1.99. The fraction of sp³-hybridized carbons (Fsp3) is 0.348. The summed E-state index contributed by atoms with van der Waals surface area (Å²) >= 11 is 0. The molecule has 0 N–H and O–H groups in total. The smallest absolute Gasteiger partial charge is 0.155 e. The summed E-state index contributed by atoms with van der Waals surface area (Å²) in [6, 6.07) is 8.45. The second-order valence-corrected chi connectivity index (χ2v) is 8.17. The zero-order valence-electron chi connectivity index (χ0n) is 18.9. The number of piperazine rings is 1. The second-order valence-electron chi connectivity index (χ2n) is 8.17. The first-order chi connectivity index (χ1) is 15.7. The quantitative estimate of drug-likeness (QED) is 0.433. The number of halogens is 1. The molecule has 33 heavy (non-hydrogen) atoms. The minimum atomic E-state index is 0. The lowest BCUT2D eigenvalue weighted by molar-refractivity contribution is 0.249. The lowest BCUT2D eigenvalue weighted by atomic mass is 10.1. The van der Waals surface area contributed by atoms with Gasteiger partial charge in [0.05, 0.1) is 18.9 Å². The highest BCUT2D eigenvalue weighted by Crippen LogP contribution is 2.28. The molecule has 1 saturated heterocycles. The highest BCUT2D eigenvalue weighted by molar-refractivity contribution is 5.85. The minimum absolute atomic E-state index is 0. The normalized spacial score (nSPS) is 14.3. The monoisotopic (exact) mass is 465 g/mol. The SMILES string of the molecule is Cc1c(CN2CCN(c3nccnc3-c3ccc(Cn4ccnn4)cc3)CC2)cnn1C.Cl. The molecule has 0 spiro atoms. The van der Waals surface area contributed by atoms with Crippen molar-refractivity contribution < 1.29 is 0 Å². The van der Waals surface area contributed by atoms with Crippen molar-refractivity contribution in [1.82, 2.24) is 39.6 Å². The van der Waals surface area contributed by atoms with Crippen LogP contribution in [0.15, 0.2) is 55.2 Å². The van der Waals surface area contributed by atoms with Gasteiger partial charge in [0, 0.05) is 75.2 Å². The third-order valence-corrected chi connectivity index (χ3v) is 6.13. The molecule has 0 radical (unpaired) electrons. The summed E-state index contributed by atoms with van der Waals surface area (Å²) < 4.78 is 3.75. The molecule has 0 aliphatic carbocycles. The molecule has 4 heterocycles. The van der Waals surface area contributed by atoms with E-state index in [0.717, 1.165) is 49.8 Å². The number of hydrogen-bond acceptors (Lipinski definition) is 7. The van der Waals surface area contributed by atoms with Gasteiger partial charge < -0.3 is 4.90 Å². The van der Waals surface area contributed by atoms with Gasteiger partial charge in [-0.05, 0) is 12.5 Å². The van der Waals surface area contributed by atoms with Gasteiger partial charge in [0.2, 0.25) is 0 Å². The van der Waals surface area contributed by atoms with E-state index < -0.39 is 0 Å². The van der Waals surface area contributed by atoms with Gasteiger partial charge in [0.1, 0.15) is 5.69 Å². The van der Waals surface area contributed by atoms with Crippen LogP contribution in [0.2, 0.25) is 0 Å². The van der Waals surface area contributed by atoms with Gasteiger partial charge in [-0.25, -0.2) is 9.67 Å².